The van der Waals surface area contributed by atoms with Crippen LogP contribution in [-0.4, -0.2) is 71.7 Å². The van der Waals surface area contributed by atoms with Crippen molar-refractivity contribution in [3.63, 3.8) is 0 Å². The van der Waals surface area contributed by atoms with Crippen molar-refractivity contribution in [1.29, 1.82) is 0 Å². The first-order valence-electron chi connectivity index (χ1n) is 7.45. The van der Waals surface area contributed by atoms with E-state index in [0.29, 0.717) is 12.6 Å². The second-order valence-corrected chi connectivity index (χ2v) is 5.59. The lowest BCUT2D eigenvalue weighted by atomic mass is 10.1. The van der Waals surface area contributed by atoms with Crippen molar-refractivity contribution >= 4 is 11.9 Å². The summed E-state index contributed by atoms with van der Waals surface area (Å²) in [5, 5.41) is 8.58. The van der Waals surface area contributed by atoms with Gasteiger partial charge >= 0.3 is 5.97 Å². The molecule has 20 heavy (non-hydrogen) atoms. The Balaban J connectivity index is 1.68. The highest BCUT2D eigenvalue weighted by atomic mass is 16.5. The second-order valence-electron chi connectivity index (χ2n) is 5.59. The molecule has 1 amide bonds. The van der Waals surface area contributed by atoms with E-state index in [1.54, 1.807) is 0 Å². The lowest BCUT2D eigenvalue weighted by Gasteiger charge is -2.32. The van der Waals surface area contributed by atoms with Gasteiger partial charge in [-0.25, -0.2) is 4.79 Å². The molecular formula is C14H24N2O4. The molecule has 1 saturated carbocycles. The van der Waals surface area contributed by atoms with Crippen molar-refractivity contribution in [2.24, 2.45) is 0 Å². The van der Waals surface area contributed by atoms with Crippen LogP contribution < -0.4 is 0 Å². The van der Waals surface area contributed by atoms with E-state index in [4.69, 9.17) is 9.84 Å². The fraction of sp³-hybridized carbons (Fsp3) is 0.857. The molecule has 2 fully saturated rings. The summed E-state index contributed by atoms with van der Waals surface area (Å²) < 4.78 is 5.29. The molecule has 0 aromatic heterocycles. The Bertz CT molecular complexity index is 349. The molecule has 1 heterocycles. The number of carbonyl (C=O) groups excluding carboxylic acids is 1. The molecule has 0 aromatic rings. The number of ether oxygens (including phenoxy) is 1. The van der Waals surface area contributed by atoms with Crippen LogP contribution in [0.3, 0.4) is 0 Å². The zero-order chi connectivity index (χ0) is 14.5. The molecule has 1 aliphatic heterocycles. The summed E-state index contributed by atoms with van der Waals surface area (Å²) in [5.74, 6) is -0.703. The summed E-state index contributed by atoms with van der Waals surface area (Å²) in [6.45, 7) is 4.69. The van der Waals surface area contributed by atoms with Gasteiger partial charge in [-0.05, 0) is 32.6 Å². The number of carboxylic acids is 1. The van der Waals surface area contributed by atoms with Crippen LogP contribution in [0.2, 0.25) is 0 Å². The maximum Gasteiger partial charge on any atom is 0.329 e. The molecule has 0 radical (unpaired) electrons. The van der Waals surface area contributed by atoms with Gasteiger partial charge in [0, 0.05) is 25.7 Å². The SMILES string of the molecule is CCN(C(=O)CN1CCC(OCC(=O)O)CC1)C1CC1. The van der Waals surface area contributed by atoms with E-state index in [9.17, 15) is 9.59 Å². The number of aliphatic carboxylic acids is 1. The normalized spacial score (nSPS) is 20.9. The van der Waals surface area contributed by atoms with Crippen LogP contribution in [-0.2, 0) is 14.3 Å². The largest absolute Gasteiger partial charge is 0.480 e. The van der Waals surface area contributed by atoms with E-state index in [1.807, 2.05) is 11.8 Å². The van der Waals surface area contributed by atoms with Crippen molar-refractivity contribution in [2.75, 3.05) is 32.8 Å². The predicted octanol–water partition coefficient (Wildman–Crippen LogP) is 0.563. The van der Waals surface area contributed by atoms with E-state index in [0.717, 1.165) is 45.3 Å². The number of rotatable bonds is 7. The first kappa shape index (κ1) is 15.3. The molecule has 2 rings (SSSR count). The molecule has 1 saturated heterocycles. The average Bonchev–Trinajstić information content (AvgIpc) is 3.23. The molecule has 6 nitrogen and oxygen atoms in total. The minimum Gasteiger partial charge on any atom is -0.480 e. The van der Waals surface area contributed by atoms with Crippen LogP contribution in [0.25, 0.3) is 0 Å². The van der Waals surface area contributed by atoms with Gasteiger partial charge in [-0.3, -0.25) is 9.69 Å². The third-order valence-electron chi connectivity index (χ3n) is 3.98. The zero-order valence-corrected chi connectivity index (χ0v) is 12.1. The molecule has 0 aromatic carbocycles. The minimum absolute atomic E-state index is 0.0168. The van der Waals surface area contributed by atoms with Gasteiger partial charge in [-0.2, -0.15) is 0 Å². The van der Waals surface area contributed by atoms with Crippen molar-refractivity contribution in [1.82, 2.24) is 9.80 Å². The van der Waals surface area contributed by atoms with E-state index < -0.39 is 5.97 Å². The Labute approximate surface area is 119 Å². The fourth-order valence-electron chi connectivity index (χ4n) is 2.73. The molecule has 1 N–H and O–H groups in total. The molecule has 6 heteroatoms. The predicted molar refractivity (Wildman–Crippen MR) is 73.5 cm³/mol. The lowest BCUT2D eigenvalue weighted by Crippen LogP contribution is -2.45. The molecule has 0 bridgehead atoms. The van der Waals surface area contributed by atoms with Crippen molar-refractivity contribution < 1.29 is 19.4 Å². The molecule has 0 atom stereocenters. The number of carbonyl (C=O) groups is 2. The standard InChI is InChI=1S/C14H24N2O4/c1-2-16(11-3-4-11)13(17)9-15-7-5-12(6-8-15)20-10-14(18)19/h11-12H,2-10H2,1H3,(H,18,19). The summed E-state index contributed by atoms with van der Waals surface area (Å²) in [4.78, 5) is 26.8. The second kappa shape index (κ2) is 7.04. The van der Waals surface area contributed by atoms with Crippen molar-refractivity contribution in [3.8, 4) is 0 Å². The maximum absolute atomic E-state index is 12.2. The molecule has 114 valence electrons. The molecule has 0 unspecified atom stereocenters. The van der Waals surface area contributed by atoms with Gasteiger partial charge in [0.05, 0.1) is 12.6 Å². The zero-order valence-electron chi connectivity index (χ0n) is 12.1. The number of likely N-dealkylation sites (tertiary alicyclic amines) is 1. The number of nitrogens with zero attached hydrogens (tertiary/aromatic N) is 2. The van der Waals surface area contributed by atoms with Crippen molar-refractivity contribution in [2.45, 2.75) is 44.8 Å². The summed E-state index contributed by atoms with van der Waals surface area (Å²) in [6.07, 6.45) is 3.91. The first-order chi connectivity index (χ1) is 9.60. The fourth-order valence-corrected chi connectivity index (χ4v) is 2.73. The monoisotopic (exact) mass is 284 g/mol. The Hall–Kier alpha value is -1.14. The molecule has 1 aliphatic carbocycles. The smallest absolute Gasteiger partial charge is 0.329 e. The Kier molecular flexibility index (Phi) is 5.37. The number of amides is 1. The van der Waals surface area contributed by atoms with Gasteiger partial charge in [-0.1, -0.05) is 0 Å². The Morgan fingerprint density at radius 1 is 1.25 bits per heavy atom. The number of piperidine rings is 1. The van der Waals surface area contributed by atoms with E-state index >= 15 is 0 Å². The van der Waals surface area contributed by atoms with E-state index in [1.165, 1.54) is 0 Å². The van der Waals surface area contributed by atoms with Crippen LogP contribution in [0.15, 0.2) is 0 Å². The number of hydrogen-bond acceptors (Lipinski definition) is 4. The van der Waals surface area contributed by atoms with Gasteiger partial charge in [0.15, 0.2) is 0 Å². The summed E-state index contributed by atoms with van der Waals surface area (Å²) in [7, 11) is 0. The van der Waals surface area contributed by atoms with E-state index in [-0.39, 0.29) is 18.6 Å². The van der Waals surface area contributed by atoms with Crippen LogP contribution in [0.1, 0.15) is 32.6 Å². The summed E-state index contributed by atoms with van der Waals surface area (Å²) in [5.41, 5.74) is 0. The minimum atomic E-state index is -0.925. The number of likely N-dealkylation sites (N-methyl/N-ethyl adjacent to an activating group) is 1. The van der Waals surface area contributed by atoms with Gasteiger partial charge in [0.1, 0.15) is 6.61 Å². The highest BCUT2D eigenvalue weighted by Gasteiger charge is 2.32. The van der Waals surface area contributed by atoms with Gasteiger partial charge in [0.25, 0.3) is 0 Å². The quantitative estimate of drug-likeness (QED) is 0.740. The van der Waals surface area contributed by atoms with Gasteiger partial charge in [-0.15, -0.1) is 0 Å². The highest BCUT2D eigenvalue weighted by molar-refractivity contribution is 5.79. The lowest BCUT2D eigenvalue weighted by molar-refractivity contribution is -0.145. The Morgan fingerprint density at radius 2 is 1.90 bits per heavy atom. The van der Waals surface area contributed by atoms with Crippen LogP contribution in [0.4, 0.5) is 0 Å². The molecular weight excluding hydrogens is 260 g/mol. The summed E-state index contributed by atoms with van der Waals surface area (Å²) >= 11 is 0. The first-order valence-corrected chi connectivity index (χ1v) is 7.45. The molecule has 0 spiro atoms. The average molecular weight is 284 g/mol. The maximum atomic E-state index is 12.2. The third-order valence-corrected chi connectivity index (χ3v) is 3.98. The topological polar surface area (TPSA) is 70.1 Å². The van der Waals surface area contributed by atoms with Crippen LogP contribution in [0, 0.1) is 0 Å². The van der Waals surface area contributed by atoms with Crippen LogP contribution in [0.5, 0.6) is 0 Å². The van der Waals surface area contributed by atoms with Gasteiger partial charge < -0.3 is 14.7 Å². The third kappa shape index (κ3) is 4.45. The highest BCUT2D eigenvalue weighted by Crippen LogP contribution is 2.26. The Morgan fingerprint density at radius 3 is 2.40 bits per heavy atom. The number of hydrogen-bond donors (Lipinski definition) is 1. The van der Waals surface area contributed by atoms with Gasteiger partial charge in [0.2, 0.25) is 5.91 Å². The van der Waals surface area contributed by atoms with Crippen LogP contribution >= 0.6 is 0 Å². The van der Waals surface area contributed by atoms with Crippen molar-refractivity contribution in [3.05, 3.63) is 0 Å². The summed E-state index contributed by atoms with van der Waals surface area (Å²) in [6, 6.07) is 0.476. The number of carboxylic acid groups (broad SMARTS) is 1. The molecule has 2 aliphatic rings. The van der Waals surface area contributed by atoms with E-state index in [2.05, 4.69) is 4.90 Å².